The second kappa shape index (κ2) is 17.7. The van der Waals surface area contributed by atoms with Crippen molar-refractivity contribution < 1.29 is 28.6 Å². The molecule has 0 unspecified atom stereocenters. The molecule has 23 heavy (non-hydrogen) atoms. The Morgan fingerprint density at radius 2 is 1.26 bits per heavy atom. The molecule has 0 radical (unpaired) electrons. The van der Waals surface area contributed by atoms with Crippen molar-refractivity contribution in [3.63, 3.8) is 0 Å². The molecule has 0 aliphatic heterocycles. The third kappa shape index (κ3) is 16.0. The molecular formula is C17H37NO5. The quantitative estimate of drug-likeness (QED) is 0.351. The van der Waals surface area contributed by atoms with Crippen LogP contribution in [0.15, 0.2) is 0 Å². The average Bonchev–Trinajstić information content (AvgIpc) is 2.56. The van der Waals surface area contributed by atoms with Gasteiger partial charge in [-0.1, -0.05) is 0 Å². The maximum absolute atomic E-state index is 9.87. The summed E-state index contributed by atoms with van der Waals surface area (Å²) in [6, 6.07) is 0. The van der Waals surface area contributed by atoms with Gasteiger partial charge in [-0.15, -0.1) is 0 Å². The van der Waals surface area contributed by atoms with Crippen LogP contribution in [0.2, 0.25) is 0 Å². The number of rotatable bonds is 14. The first kappa shape index (κ1) is 24.6. The fourth-order valence-corrected chi connectivity index (χ4v) is 2.07. The highest BCUT2D eigenvalue weighted by molar-refractivity contribution is 5.64. The van der Waals surface area contributed by atoms with E-state index in [4.69, 9.17) is 14.2 Å². The van der Waals surface area contributed by atoms with Gasteiger partial charge in [0.15, 0.2) is 0 Å². The third-order valence-corrected chi connectivity index (χ3v) is 3.95. The van der Waals surface area contributed by atoms with E-state index in [0.717, 1.165) is 19.8 Å². The highest BCUT2D eigenvalue weighted by Gasteiger charge is 2.19. The van der Waals surface area contributed by atoms with Crippen LogP contribution in [0.25, 0.3) is 0 Å². The van der Waals surface area contributed by atoms with Gasteiger partial charge in [0.25, 0.3) is 0 Å². The Labute approximate surface area is 142 Å². The molecule has 0 aromatic carbocycles. The van der Waals surface area contributed by atoms with Gasteiger partial charge >= 0.3 is 0 Å². The van der Waals surface area contributed by atoms with Crippen molar-refractivity contribution in [2.45, 2.75) is 41.0 Å². The number of carboxylic acids is 1. The van der Waals surface area contributed by atoms with Crippen LogP contribution in [0.1, 0.15) is 41.0 Å². The highest BCUT2D eigenvalue weighted by atomic mass is 16.5. The minimum atomic E-state index is -1.08. The van der Waals surface area contributed by atoms with Crippen LogP contribution in [0, 0.1) is 0 Å². The van der Waals surface area contributed by atoms with Crippen LogP contribution >= 0.6 is 0 Å². The largest absolute Gasteiger partial charge is 0.550 e. The molecule has 0 aromatic rings. The minimum absolute atomic E-state index is 0.0495. The molecule has 0 atom stereocenters. The molecule has 0 spiro atoms. The van der Waals surface area contributed by atoms with Crippen molar-refractivity contribution in [3.05, 3.63) is 0 Å². The molecule has 0 fully saturated rings. The molecule has 0 amide bonds. The lowest BCUT2D eigenvalue weighted by Gasteiger charge is -2.35. The highest BCUT2D eigenvalue weighted by Crippen LogP contribution is 2.04. The lowest BCUT2D eigenvalue weighted by atomic mass is 10.3. The zero-order valence-corrected chi connectivity index (χ0v) is 15.8. The Bertz CT molecular complexity index is 249. The first-order chi connectivity index (χ1) is 11.0. The Hall–Kier alpha value is -0.690. The molecule has 0 aromatic heterocycles. The summed E-state index contributed by atoms with van der Waals surface area (Å²) in [6.07, 6.45) is -0.0495. The summed E-state index contributed by atoms with van der Waals surface area (Å²) in [5.41, 5.74) is 0. The number of hydrogen-bond acceptors (Lipinski definition) is 5. The summed E-state index contributed by atoms with van der Waals surface area (Å²) in [5.74, 6) is -1.08. The van der Waals surface area contributed by atoms with E-state index < -0.39 is 5.97 Å². The fourth-order valence-electron chi connectivity index (χ4n) is 2.07. The molecule has 0 aliphatic rings. The van der Waals surface area contributed by atoms with Crippen molar-refractivity contribution in [1.29, 1.82) is 0 Å². The van der Waals surface area contributed by atoms with Gasteiger partial charge in [0, 0.05) is 25.6 Å². The number of nitrogens with zero attached hydrogens (tertiary/aromatic N) is 1. The van der Waals surface area contributed by atoms with Gasteiger partial charge in [0.1, 0.15) is 6.54 Å². The molecule has 140 valence electrons. The average molecular weight is 335 g/mol. The van der Waals surface area contributed by atoms with Crippen LogP contribution in [0.4, 0.5) is 0 Å². The second-order valence-corrected chi connectivity index (χ2v) is 5.14. The molecule has 0 bridgehead atoms. The zero-order chi connectivity index (χ0) is 18.0. The van der Waals surface area contributed by atoms with E-state index in [-0.39, 0.29) is 13.0 Å². The lowest BCUT2D eigenvalue weighted by molar-refractivity contribution is -0.923. The van der Waals surface area contributed by atoms with Gasteiger partial charge in [-0.2, -0.15) is 0 Å². The van der Waals surface area contributed by atoms with E-state index in [0.29, 0.717) is 19.8 Å². The Balaban J connectivity index is 0. The smallest absolute Gasteiger partial charge is 0.102 e. The monoisotopic (exact) mass is 335 g/mol. The maximum atomic E-state index is 9.87. The van der Waals surface area contributed by atoms with Gasteiger partial charge in [-0.25, -0.2) is 0 Å². The number of carbonyl (C=O) groups excluding carboxylic acids is 1. The molecule has 0 N–H and O–H groups in total. The number of quaternary nitrogens is 1. The molecule has 0 heterocycles. The number of carboxylic acid groups (broad SMARTS) is 1. The predicted octanol–water partition coefficient (Wildman–Crippen LogP) is 1.08. The predicted molar refractivity (Wildman–Crippen MR) is 90.2 cm³/mol. The van der Waals surface area contributed by atoms with E-state index in [9.17, 15) is 9.90 Å². The molecule has 0 rings (SSSR count). The van der Waals surface area contributed by atoms with Gasteiger partial charge in [0.05, 0.1) is 46.1 Å². The molecular weight excluding hydrogens is 298 g/mol. The fraction of sp³-hybridized carbons (Fsp3) is 0.941. The normalized spacial score (nSPS) is 11.0. The van der Waals surface area contributed by atoms with Gasteiger partial charge in [-0.3, -0.25) is 0 Å². The van der Waals surface area contributed by atoms with Crippen molar-refractivity contribution in [1.82, 2.24) is 0 Å². The number of hydrogen-bond donors (Lipinski definition) is 0. The van der Waals surface area contributed by atoms with Crippen molar-refractivity contribution in [3.8, 4) is 0 Å². The van der Waals surface area contributed by atoms with Crippen molar-refractivity contribution in [2.75, 3.05) is 65.8 Å². The first-order valence-electron chi connectivity index (χ1n) is 8.79. The SMILES string of the molecule is CCOCCOCCC(=O)[O-].CCOCC[N+](CC)(CC)CC. The summed E-state index contributed by atoms with van der Waals surface area (Å²) in [6.45, 7) is 19.1. The summed E-state index contributed by atoms with van der Waals surface area (Å²) < 4.78 is 16.4. The summed E-state index contributed by atoms with van der Waals surface area (Å²) in [5, 5.41) is 9.87. The summed E-state index contributed by atoms with van der Waals surface area (Å²) in [7, 11) is 0. The zero-order valence-electron chi connectivity index (χ0n) is 15.8. The van der Waals surface area contributed by atoms with Crippen LogP contribution in [0.5, 0.6) is 0 Å². The summed E-state index contributed by atoms with van der Waals surface area (Å²) >= 11 is 0. The number of ether oxygens (including phenoxy) is 3. The Morgan fingerprint density at radius 1 is 0.783 bits per heavy atom. The maximum Gasteiger partial charge on any atom is 0.102 e. The molecule has 6 heteroatoms. The topological polar surface area (TPSA) is 67.8 Å². The Morgan fingerprint density at radius 3 is 1.70 bits per heavy atom. The van der Waals surface area contributed by atoms with Crippen LogP contribution in [-0.2, 0) is 19.0 Å². The van der Waals surface area contributed by atoms with Crippen molar-refractivity contribution in [2.24, 2.45) is 0 Å². The van der Waals surface area contributed by atoms with Crippen LogP contribution in [0.3, 0.4) is 0 Å². The Kier molecular flexibility index (Phi) is 18.9. The summed E-state index contributed by atoms with van der Waals surface area (Å²) in [4.78, 5) is 9.87. The van der Waals surface area contributed by atoms with Gasteiger partial charge < -0.3 is 28.6 Å². The second-order valence-electron chi connectivity index (χ2n) is 5.14. The van der Waals surface area contributed by atoms with E-state index in [2.05, 4.69) is 27.7 Å². The molecule has 0 saturated carbocycles. The number of likely N-dealkylation sites (N-methyl/N-ethyl adjacent to an activating group) is 1. The van der Waals surface area contributed by atoms with Crippen LogP contribution < -0.4 is 5.11 Å². The van der Waals surface area contributed by atoms with E-state index in [1.165, 1.54) is 24.1 Å². The number of aliphatic carboxylic acids is 1. The third-order valence-electron chi connectivity index (χ3n) is 3.95. The van der Waals surface area contributed by atoms with Crippen LogP contribution in [-0.4, -0.2) is 76.3 Å². The van der Waals surface area contributed by atoms with Crippen molar-refractivity contribution >= 4 is 5.97 Å². The molecule has 0 saturated heterocycles. The minimum Gasteiger partial charge on any atom is -0.550 e. The molecule has 6 nitrogen and oxygen atoms in total. The van der Waals surface area contributed by atoms with E-state index in [1.807, 2.05) is 6.92 Å². The van der Waals surface area contributed by atoms with E-state index >= 15 is 0 Å². The number of carbonyl (C=O) groups is 1. The van der Waals surface area contributed by atoms with E-state index in [1.54, 1.807) is 0 Å². The molecule has 0 aliphatic carbocycles. The van der Waals surface area contributed by atoms with Gasteiger partial charge in [-0.05, 0) is 34.6 Å². The van der Waals surface area contributed by atoms with Gasteiger partial charge in [0.2, 0.25) is 0 Å². The standard InChI is InChI=1S/C10H24NO.C7H14O4/c1-5-11(6-2,7-3)9-10-12-8-4;1-2-10-5-6-11-4-3-7(8)9/h5-10H2,1-4H3;2-6H2,1H3,(H,8,9)/q+1;/p-1. The first-order valence-corrected chi connectivity index (χ1v) is 8.79. The lowest BCUT2D eigenvalue weighted by Crippen LogP contribution is -2.49.